The van der Waals surface area contributed by atoms with Crippen molar-refractivity contribution < 1.29 is 14.6 Å². The topological polar surface area (TPSA) is 54.8 Å². The Morgan fingerprint density at radius 2 is 1.84 bits per heavy atom. The van der Waals surface area contributed by atoms with E-state index in [1.807, 2.05) is 10.9 Å². The normalized spacial score (nSPS) is 16.7. The lowest BCUT2D eigenvalue weighted by Crippen LogP contribution is -2.49. The van der Waals surface area contributed by atoms with Crippen LogP contribution in [0, 0.1) is 6.92 Å². The molecule has 1 aliphatic heterocycles. The number of rotatable bonds is 10. The van der Waals surface area contributed by atoms with Gasteiger partial charge in [0.05, 0.1) is 17.8 Å². The van der Waals surface area contributed by atoms with Crippen molar-refractivity contribution in [3.05, 3.63) is 99.0 Å². The number of ether oxygens (including phenoxy) is 2. The van der Waals surface area contributed by atoms with Gasteiger partial charge in [0, 0.05) is 36.1 Å². The van der Waals surface area contributed by atoms with Crippen molar-refractivity contribution in [3.8, 4) is 22.6 Å². The molecule has 1 atom stereocenters. The molecule has 1 aliphatic carbocycles. The van der Waals surface area contributed by atoms with E-state index in [-0.39, 0.29) is 12.6 Å². The number of likely N-dealkylation sites (tertiary alicyclic amines) is 1. The zero-order valence-corrected chi connectivity index (χ0v) is 22.7. The highest BCUT2D eigenvalue weighted by Crippen LogP contribution is 2.41. The van der Waals surface area contributed by atoms with Gasteiger partial charge >= 0.3 is 0 Å². The first-order valence-electron chi connectivity index (χ1n) is 13.5. The Hall–Kier alpha value is -3.19. The van der Waals surface area contributed by atoms with E-state index in [9.17, 15) is 5.11 Å². The van der Waals surface area contributed by atoms with Crippen LogP contribution in [0.3, 0.4) is 0 Å². The van der Waals surface area contributed by atoms with Crippen molar-refractivity contribution in [2.24, 2.45) is 0 Å². The third kappa shape index (κ3) is 5.08. The van der Waals surface area contributed by atoms with Crippen LogP contribution in [0.25, 0.3) is 11.1 Å². The van der Waals surface area contributed by atoms with Gasteiger partial charge < -0.3 is 14.6 Å². The Balaban J connectivity index is 1.29. The summed E-state index contributed by atoms with van der Waals surface area (Å²) in [5.74, 6) is 1.81. The molecule has 38 heavy (non-hydrogen) atoms. The van der Waals surface area contributed by atoms with E-state index >= 15 is 0 Å². The Kier molecular flexibility index (Phi) is 7.45. The van der Waals surface area contributed by atoms with Gasteiger partial charge in [-0.2, -0.15) is 0 Å². The molecule has 2 heterocycles. The lowest BCUT2D eigenvalue weighted by atomic mass is 9.96. The zero-order chi connectivity index (χ0) is 25.9. The molecule has 3 aromatic carbocycles. The van der Waals surface area contributed by atoms with Crippen molar-refractivity contribution in [2.75, 3.05) is 13.2 Å². The van der Waals surface area contributed by atoms with E-state index in [2.05, 4.69) is 71.4 Å². The first-order valence-corrected chi connectivity index (χ1v) is 14.4. The van der Waals surface area contributed by atoms with Crippen LogP contribution < -0.4 is 9.47 Å². The van der Waals surface area contributed by atoms with Gasteiger partial charge in [0.25, 0.3) is 0 Å². The number of benzene rings is 3. The van der Waals surface area contributed by atoms with E-state index in [1.165, 1.54) is 38.9 Å². The SMILES string of the molecule is Cc1c(COc2cc(OCc3cscn3)c(CN3CCC3CO)c3c2CCC3)cccc1-c1ccccc1. The van der Waals surface area contributed by atoms with Gasteiger partial charge in [-0.05, 0) is 66.0 Å². The molecule has 0 bridgehead atoms. The number of aromatic nitrogens is 1. The Morgan fingerprint density at radius 3 is 2.61 bits per heavy atom. The van der Waals surface area contributed by atoms with E-state index in [4.69, 9.17) is 9.47 Å². The number of hydrogen-bond acceptors (Lipinski definition) is 6. The second kappa shape index (κ2) is 11.3. The predicted molar refractivity (Wildman–Crippen MR) is 152 cm³/mol. The third-order valence-corrected chi connectivity index (χ3v) is 8.69. The molecule has 196 valence electrons. The minimum atomic E-state index is 0.208. The van der Waals surface area contributed by atoms with E-state index in [0.29, 0.717) is 13.2 Å². The van der Waals surface area contributed by atoms with Crippen LogP contribution in [-0.2, 0) is 32.6 Å². The molecule has 1 aromatic heterocycles. The molecule has 0 spiro atoms. The minimum absolute atomic E-state index is 0.208. The van der Waals surface area contributed by atoms with Gasteiger partial charge in [0.1, 0.15) is 24.7 Å². The standard InChI is InChI=1S/C32H34N2O3S/c1-22-24(9-5-10-27(22)23-7-3-2-4-8-23)18-36-31-15-32(37-19-25-20-38-21-33-25)30(28-11-6-12-29(28)31)16-34-14-13-26(34)17-35/h2-5,7-10,15,20-21,26,35H,6,11-14,16-19H2,1H3. The molecule has 0 amide bonds. The molecule has 0 radical (unpaired) electrons. The summed E-state index contributed by atoms with van der Waals surface area (Å²) >= 11 is 1.58. The Morgan fingerprint density at radius 1 is 1.00 bits per heavy atom. The summed E-state index contributed by atoms with van der Waals surface area (Å²) in [6.07, 6.45) is 4.24. The van der Waals surface area contributed by atoms with Crippen LogP contribution in [0.5, 0.6) is 11.5 Å². The third-order valence-electron chi connectivity index (χ3n) is 8.05. The van der Waals surface area contributed by atoms with Gasteiger partial charge in [-0.15, -0.1) is 11.3 Å². The largest absolute Gasteiger partial charge is 0.488 e. The average Bonchev–Trinajstić information content (AvgIpc) is 3.63. The molecule has 1 unspecified atom stereocenters. The molecule has 4 aromatic rings. The van der Waals surface area contributed by atoms with Crippen LogP contribution in [0.15, 0.2) is 65.5 Å². The van der Waals surface area contributed by atoms with Crippen LogP contribution in [0.1, 0.15) is 46.4 Å². The lowest BCUT2D eigenvalue weighted by molar-refractivity contribution is 0.0346. The fourth-order valence-electron chi connectivity index (χ4n) is 5.72. The highest BCUT2D eigenvalue weighted by atomic mass is 32.1. The number of hydrogen-bond donors (Lipinski definition) is 1. The number of fused-ring (bicyclic) bond motifs is 1. The second-order valence-electron chi connectivity index (χ2n) is 10.3. The van der Waals surface area contributed by atoms with Crippen molar-refractivity contribution in [2.45, 2.75) is 58.4 Å². The molecule has 1 N–H and O–H groups in total. The van der Waals surface area contributed by atoms with Crippen molar-refractivity contribution in [1.82, 2.24) is 9.88 Å². The van der Waals surface area contributed by atoms with Gasteiger partial charge in [-0.1, -0.05) is 48.5 Å². The fourth-order valence-corrected chi connectivity index (χ4v) is 6.26. The first-order chi connectivity index (χ1) is 18.7. The molecule has 1 fully saturated rings. The number of aliphatic hydroxyl groups is 1. The fraction of sp³-hybridized carbons (Fsp3) is 0.344. The summed E-state index contributed by atoms with van der Waals surface area (Å²) in [7, 11) is 0. The summed E-state index contributed by atoms with van der Waals surface area (Å²) in [4.78, 5) is 6.77. The zero-order valence-electron chi connectivity index (χ0n) is 21.9. The summed E-state index contributed by atoms with van der Waals surface area (Å²) in [5.41, 5.74) is 11.6. The van der Waals surface area contributed by atoms with Crippen LogP contribution in [0.4, 0.5) is 0 Å². The quantitative estimate of drug-likeness (QED) is 0.262. The van der Waals surface area contributed by atoms with Crippen molar-refractivity contribution >= 4 is 11.3 Å². The number of nitrogens with zero attached hydrogens (tertiary/aromatic N) is 2. The van der Waals surface area contributed by atoms with Gasteiger partial charge in [0.15, 0.2) is 0 Å². The van der Waals surface area contributed by atoms with E-state index in [1.54, 1.807) is 11.3 Å². The van der Waals surface area contributed by atoms with Gasteiger partial charge in [0.2, 0.25) is 0 Å². The minimum Gasteiger partial charge on any atom is -0.488 e. The summed E-state index contributed by atoms with van der Waals surface area (Å²) in [5, 5.41) is 11.8. The molecule has 1 saturated heterocycles. The van der Waals surface area contributed by atoms with E-state index < -0.39 is 0 Å². The Bertz CT molecular complexity index is 1390. The molecule has 0 saturated carbocycles. The maximum absolute atomic E-state index is 9.76. The molecular formula is C32H34N2O3S. The summed E-state index contributed by atoms with van der Waals surface area (Å²) < 4.78 is 13.0. The van der Waals surface area contributed by atoms with Crippen LogP contribution in [-0.4, -0.2) is 34.2 Å². The number of thiazole rings is 1. The highest BCUT2D eigenvalue weighted by Gasteiger charge is 2.31. The smallest absolute Gasteiger partial charge is 0.131 e. The molecule has 5 nitrogen and oxygen atoms in total. The average molecular weight is 527 g/mol. The second-order valence-corrected chi connectivity index (χ2v) is 11.0. The summed E-state index contributed by atoms with van der Waals surface area (Å²) in [6.45, 7) is 5.17. The lowest BCUT2D eigenvalue weighted by Gasteiger charge is -2.40. The predicted octanol–water partition coefficient (Wildman–Crippen LogP) is 6.33. The summed E-state index contributed by atoms with van der Waals surface area (Å²) in [6, 6.07) is 19.3. The monoisotopic (exact) mass is 526 g/mol. The van der Waals surface area contributed by atoms with Gasteiger partial charge in [-0.3, -0.25) is 4.90 Å². The van der Waals surface area contributed by atoms with E-state index in [0.717, 1.165) is 56.0 Å². The molecule has 6 heteroatoms. The maximum atomic E-state index is 9.76. The molecule has 2 aliphatic rings. The van der Waals surface area contributed by atoms with Crippen LogP contribution in [0.2, 0.25) is 0 Å². The first kappa shape index (κ1) is 25.1. The van der Waals surface area contributed by atoms with Crippen molar-refractivity contribution in [3.63, 3.8) is 0 Å². The molecule has 6 rings (SSSR count). The Labute approximate surface area is 228 Å². The number of aliphatic hydroxyl groups excluding tert-OH is 1. The maximum Gasteiger partial charge on any atom is 0.131 e. The van der Waals surface area contributed by atoms with Gasteiger partial charge in [-0.25, -0.2) is 4.98 Å². The molecular weight excluding hydrogens is 492 g/mol. The van der Waals surface area contributed by atoms with Crippen molar-refractivity contribution in [1.29, 1.82) is 0 Å². The van der Waals surface area contributed by atoms with Crippen LogP contribution >= 0.6 is 11.3 Å². The highest BCUT2D eigenvalue weighted by molar-refractivity contribution is 7.07.